The molecule has 2 amide bonds. The molecule has 0 radical (unpaired) electrons. The van der Waals surface area contributed by atoms with Gasteiger partial charge in [-0.25, -0.2) is 0 Å². The maximum Gasteiger partial charge on any atom is 0.227 e. The second-order valence-corrected chi connectivity index (χ2v) is 8.25. The van der Waals surface area contributed by atoms with Gasteiger partial charge in [-0.3, -0.25) is 14.3 Å². The summed E-state index contributed by atoms with van der Waals surface area (Å²) in [6.45, 7) is 1.78. The van der Waals surface area contributed by atoms with Gasteiger partial charge < -0.3 is 10.2 Å². The number of hydrogen-bond donors (Lipinski definition) is 1. The van der Waals surface area contributed by atoms with E-state index in [2.05, 4.69) is 10.4 Å². The number of thioether (sulfide) groups is 1. The van der Waals surface area contributed by atoms with Crippen molar-refractivity contribution in [1.82, 2.24) is 15.1 Å². The molecule has 30 heavy (non-hydrogen) atoms. The molecule has 0 aliphatic carbocycles. The summed E-state index contributed by atoms with van der Waals surface area (Å²) in [5, 5.41) is 7.20. The fourth-order valence-corrected chi connectivity index (χ4v) is 4.51. The molecule has 1 N–H and O–H groups in total. The van der Waals surface area contributed by atoms with Crippen molar-refractivity contribution in [1.29, 1.82) is 0 Å². The number of rotatable bonds is 7. The van der Waals surface area contributed by atoms with Crippen LogP contribution in [0.5, 0.6) is 0 Å². The van der Waals surface area contributed by atoms with Gasteiger partial charge >= 0.3 is 0 Å². The summed E-state index contributed by atoms with van der Waals surface area (Å²) in [7, 11) is 0. The minimum atomic E-state index is -0.114. The monoisotopic (exact) mass is 420 g/mol. The van der Waals surface area contributed by atoms with Crippen LogP contribution in [0.4, 0.5) is 5.69 Å². The number of amides is 2. The summed E-state index contributed by atoms with van der Waals surface area (Å²) < 4.78 is 1.86. The predicted octanol–water partition coefficient (Wildman–Crippen LogP) is 3.47. The minimum absolute atomic E-state index is 0.00279. The van der Waals surface area contributed by atoms with Gasteiger partial charge in [0.2, 0.25) is 11.8 Å². The summed E-state index contributed by atoms with van der Waals surface area (Å²) in [5.41, 5.74) is 3.11. The number of hydrogen-bond acceptors (Lipinski definition) is 4. The number of para-hydroxylation sites is 1. The van der Waals surface area contributed by atoms with E-state index in [9.17, 15) is 9.59 Å². The smallest absolute Gasteiger partial charge is 0.227 e. The molecule has 2 heterocycles. The van der Waals surface area contributed by atoms with Crippen molar-refractivity contribution in [2.75, 3.05) is 17.2 Å². The third-order valence-corrected chi connectivity index (χ3v) is 6.12. The van der Waals surface area contributed by atoms with Crippen LogP contribution in [0.15, 0.2) is 71.9 Å². The number of fused-ring (bicyclic) bond motifs is 1. The van der Waals surface area contributed by atoms with Crippen molar-refractivity contribution in [2.45, 2.75) is 30.8 Å². The van der Waals surface area contributed by atoms with Crippen molar-refractivity contribution >= 4 is 29.3 Å². The average molecular weight is 421 g/mol. The zero-order valence-electron chi connectivity index (χ0n) is 16.7. The molecule has 1 aliphatic heterocycles. The van der Waals surface area contributed by atoms with E-state index in [-0.39, 0.29) is 24.7 Å². The molecule has 0 bridgehead atoms. The fraction of sp³-hybridized carbons (Fsp3) is 0.261. The van der Waals surface area contributed by atoms with Crippen molar-refractivity contribution in [3.63, 3.8) is 0 Å². The predicted molar refractivity (Wildman–Crippen MR) is 118 cm³/mol. The van der Waals surface area contributed by atoms with Gasteiger partial charge in [0.1, 0.15) is 0 Å². The SMILES string of the molecule is O=C(CCC(=O)N1CCSc2ccccc21)NCc1ccccc1Cn1cccn1. The van der Waals surface area contributed by atoms with Crippen molar-refractivity contribution in [3.05, 3.63) is 78.1 Å². The Bertz CT molecular complexity index is 1020. The molecular weight excluding hydrogens is 396 g/mol. The van der Waals surface area contributed by atoms with Crippen LogP contribution in [0, 0.1) is 0 Å². The number of aromatic nitrogens is 2. The Kier molecular flexibility index (Phi) is 6.49. The van der Waals surface area contributed by atoms with Gasteiger partial charge in [0.15, 0.2) is 0 Å². The van der Waals surface area contributed by atoms with Gasteiger partial charge in [0, 0.05) is 49.0 Å². The molecule has 1 aliphatic rings. The first kappa shape index (κ1) is 20.2. The molecule has 0 fully saturated rings. The minimum Gasteiger partial charge on any atom is -0.352 e. The largest absolute Gasteiger partial charge is 0.352 e. The van der Waals surface area contributed by atoms with Crippen LogP contribution in [0.3, 0.4) is 0 Å². The van der Waals surface area contributed by atoms with Crippen LogP contribution in [0.25, 0.3) is 0 Å². The van der Waals surface area contributed by atoms with E-state index in [0.29, 0.717) is 19.6 Å². The van der Waals surface area contributed by atoms with Gasteiger partial charge in [-0.2, -0.15) is 5.10 Å². The van der Waals surface area contributed by atoms with E-state index >= 15 is 0 Å². The third-order valence-electron chi connectivity index (χ3n) is 5.08. The normalized spacial score (nSPS) is 13.0. The lowest BCUT2D eigenvalue weighted by Gasteiger charge is -2.29. The highest BCUT2D eigenvalue weighted by Gasteiger charge is 2.22. The fourth-order valence-electron chi connectivity index (χ4n) is 3.52. The molecule has 0 saturated heterocycles. The Morgan fingerprint density at radius 2 is 1.80 bits per heavy atom. The highest BCUT2D eigenvalue weighted by molar-refractivity contribution is 7.99. The third kappa shape index (κ3) is 4.91. The van der Waals surface area contributed by atoms with E-state index < -0.39 is 0 Å². The van der Waals surface area contributed by atoms with Gasteiger partial charge in [-0.15, -0.1) is 11.8 Å². The maximum absolute atomic E-state index is 12.7. The average Bonchev–Trinajstić information content (AvgIpc) is 3.29. The van der Waals surface area contributed by atoms with Crippen LogP contribution in [-0.2, 0) is 22.7 Å². The van der Waals surface area contributed by atoms with Crippen LogP contribution in [-0.4, -0.2) is 33.9 Å². The molecule has 0 atom stereocenters. The quantitative estimate of drug-likeness (QED) is 0.636. The molecule has 0 unspecified atom stereocenters. The summed E-state index contributed by atoms with van der Waals surface area (Å²) in [6.07, 6.45) is 4.06. The first-order valence-electron chi connectivity index (χ1n) is 10.0. The van der Waals surface area contributed by atoms with E-state index in [1.807, 2.05) is 65.5 Å². The number of carbonyl (C=O) groups excluding carboxylic acids is 2. The van der Waals surface area contributed by atoms with Crippen molar-refractivity contribution in [3.8, 4) is 0 Å². The zero-order valence-corrected chi connectivity index (χ0v) is 17.5. The van der Waals surface area contributed by atoms with Gasteiger partial charge in [-0.1, -0.05) is 36.4 Å². The molecular formula is C23H24N4O2S. The molecule has 7 heteroatoms. The highest BCUT2D eigenvalue weighted by atomic mass is 32.2. The maximum atomic E-state index is 12.7. The van der Waals surface area contributed by atoms with E-state index in [4.69, 9.17) is 0 Å². The number of carbonyl (C=O) groups is 2. The zero-order chi connectivity index (χ0) is 20.8. The Morgan fingerprint density at radius 3 is 2.63 bits per heavy atom. The topological polar surface area (TPSA) is 67.2 Å². The van der Waals surface area contributed by atoms with Crippen LogP contribution in [0.2, 0.25) is 0 Å². The Labute approximate surface area is 180 Å². The lowest BCUT2D eigenvalue weighted by Crippen LogP contribution is -2.36. The Hall–Kier alpha value is -3.06. The van der Waals surface area contributed by atoms with E-state index in [0.717, 1.165) is 27.5 Å². The second kappa shape index (κ2) is 9.63. The first-order valence-corrected chi connectivity index (χ1v) is 11.0. The summed E-state index contributed by atoms with van der Waals surface area (Å²) in [6, 6.07) is 17.8. The van der Waals surface area contributed by atoms with Crippen LogP contribution in [0.1, 0.15) is 24.0 Å². The molecule has 2 aromatic carbocycles. The Balaban J connectivity index is 1.30. The summed E-state index contributed by atoms with van der Waals surface area (Å²) in [4.78, 5) is 28.0. The van der Waals surface area contributed by atoms with Gasteiger partial charge in [-0.05, 0) is 29.3 Å². The number of nitrogens with zero attached hydrogens (tertiary/aromatic N) is 3. The lowest BCUT2D eigenvalue weighted by atomic mass is 10.1. The van der Waals surface area contributed by atoms with Gasteiger partial charge in [0.25, 0.3) is 0 Å². The standard InChI is InChI=1S/C23H24N4O2S/c28-22(10-11-23(29)27-14-15-30-21-9-4-3-8-20(21)27)24-16-18-6-1-2-7-19(18)17-26-13-5-12-25-26/h1-9,12-13H,10-11,14-17H2,(H,24,28). The molecule has 3 aromatic rings. The van der Waals surface area contributed by atoms with E-state index in [1.54, 1.807) is 22.9 Å². The molecule has 6 nitrogen and oxygen atoms in total. The van der Waals surface area contributed by atoms with E-state index in [1.165, 1.54) is 0 Å². The number of anilines is 1. The summed E-state index contributed by atoms with van der Waals surface area (Å²) >= 11 is 1.76. The van der Waals surface area contributed by atoms with Crippen molar-refractivity contribution in [2.24, 2.45) is 0 Å². The molecule has 0 spiro atoms. The number of benzene rings is 2. The van der Waals surface area contributed by atoms with Crippen LogP contribution >= 0.6 is 11.8 Å². The summed E-state index contributed by atoms with van der Waals surface area (Å²) in [5.74, 6) is 0.760. The first-order chi connectivity index (χ1) is 14.7. The molecule has 1 aromatic heterocycles. The Morgan fingerprint density at radius 1 is 1.00 bits per heavy atom. The molecule has 4 rings (SSSR count). The van der Waals surface area contributed by atoms with Crippen molar-refractivity contribution < 1.29 is 9.59 Å². The number of nitrogens with one attached hydrogen (secondary N) is 1. The molecule has 154 valence electrons. The highest BCUT2D eigenvalue weighted by Crippen LogP contribution is 2.34. The lowest BCUT2D eigenvalue weighted by molar-refractivity contribution is -0.125. The second-order valence-electron chi connectivity index (χ2n) is 7.11. The van der Waals surface area contributed by atoms with Gasteiger partial charge in [0.05, 0.1) is 12.2 Å². The van der Waals surface area contributed by atoms with Crippen LogP contribution < -0.4 is 10.2 Å². The molecule has 0 saturated carbocycles.